The molecule has 1 saturated heterocycles. The van der Waals surface area contributed by atoms with E-state index in [1.54, 1.807) is 11.8 Å². The number of hydrogen-bond donors (Lipinski definition) is 0. The number of carbonyl (C=O) groups is 3. The summed E-state index contributed by atoms with van der Waals surface area (Å²) in [6.45, 7) is 12.7. The fraction of sp³-hybridized carbons (Fsp3) is 0.448. The van der Waals surface area contributed by atoms with Crippen LogP contribution in [0, 0.1) is 19.8 Å². The number of thioether (sulfide) groups is 1. The van der Waals surface area contributed by atoms with Crippen LogP contribution in [-0.4, -0.2) is 59.1 Å². The number of ether oxygens (including phenoxy) is 2. The first-order valence-corrected chi connectivity index (χ1v) is 13.9. The average Bonchev–Trinajstić information content (AvgIpc) is 3.28. The maximum absolute atomic E-state index is 13.5. The van der Waals surface area contributed by atoms with Crippen molar-refractivity contribution in [3.8, 4) is 0 Å². The SMILES string of the molecule is C=CCOC(=O)C1=C(C)N=C2SC=C(CC(=O)N3CCC[C@@H](C(=O)OCC)C3)N2[C@@H]1c1ccc(C)cc1C. The number of likely N-dealkylation sites (tertiary alicyclic amines) is 1. The molecule has 1 aromatic rings. The first-order chi connectivity index (χ1) is 18.2. The Morgan fingerprint density at radius 3 is 2.71 bits per heavy atom. The van der Waals surface area contributed by atoms with Crippen LogP contribution in [0.15, 0.2) is 58.2 Å². The van der Waals surface area contributed by atoms with Crippen molar-refractivity contribution in [1.82, 2.24) is 9.80 Å². The molecule has 1 aromatic carbocycles. The van der Waals surface area contributed by atoms with Crippen molar-refractivity contribution in [3.63, 3.8) is 0 Å². The third-order valence-electron chi connectivity index (χ3n) is 7.00. The van der Waals surface area contributed by atoms with Crippen LogP contribution in [0.3, 0.4) is 0 Å². The summed E-state index contributed by atoms with van der Waals surface area (Å²) >= 11 is 1.44. The van der Waals surface area contributed by atoms with Crippen LogP contribution >= 0.6 is 11.8 Å². The summed E-state index contributed by atoms with van der Waals surface area (Å²) in [6, 6.07) is 5.66. The Bertz CT molecular complexity index is 1230. The number of hydrogen-bond acceptors (Lipinski definition) is 8. The van der Waals surface area contributed by atoms with E-state index in [1.807, 2.05) is 43.2 Å². The normalized spacial score (nSPS) is 20.9. The van der Waals surface area contributed by atoms with Crippen LogP contribution < -0.4 is 0 Å². The van der Waals surface area contributed by atoms with Crippen LogP contribution in [0.4, 0.5) is 0 Å². The quantitative estimate of drug-likeness (QED) is 0.348. The van der Waals surface area contributed by atoms with Gasteiger partial charge in [0.15, 0.2) is 5.17 Å². The van der Waals surface area contributed by atoms with Crippen molar-refractivity contribution in [2.75, 3.05) is 26.3 Å². The third-order valence-corrected chi connectivity index (χ3v) is 7.89. The second kappa shape index (κ2) is 12.0. The molecule has 9 heteroatoms. The molecule has 4 rings (SSSR count). The van der Waals surface area contributed by atoms with Crippen LogP contribution in [0.1, 0.15) is 55.8 Å². The van der Waals surface area contributed by atoms with Crippen molar-refractivity contribution in [3.05, 3.63) is 69.9 Å². The fourth-order valence-corrected chi connectivity index (χ4v) is 6.16. The van der Waals surface area contributed by atoms with Crippen molar-refractivity contribution in [2.24, 2.45) is 10.9 Å². The summed E-state index contributed by atoms with van der Waals surface area (Å²) in [7, 11) is 0. The predicted molar refractivity (Wildman–Crippen MR) is 148 cm³/mol. The minimum absolute atomic E-state index is 0.0615. The van der Waals surface area contributed by atoms with Gasteiger partial charge in [0.05, 0.1) is 36.3 Å². The number of aliphatic imine (C=N–C) groups is 1. The van der Waals surface area contributed by atoms with Crippen LogP contribution in [-0.2, 0) is 23.9 Å². The number of amides is 1. The number of carbonyl (C=O) groups excluding carboxylic acids is 3. The van der Waals surface area contributed by atoms with Gasteiger partial charge in [0, 0.05) is 18.8 Å². The Kier molecular flexibility index (Phi) is 8.76. The van der Waals surface area contributed by atoms with Gasteiger partial charge in [-0.15, -0.1) is 0 Å². The third kappa shape index (κ3) is 5.72. The van der Waals surface area contributed by atoms with Gasteiger partial charge in [0.1, 0.15) is 6.61 Å². The van der Waals surface area contributed by atoms with Gasteiger partial charge in [-0.3, -0.25) is 9.59 Å². The Morgan fingerprint density at radius 1 is 1.21 bits per heavy atom. The molecule has 0 bridgehead atoms. The minimum Gasteiger partial charge on any atom is -0.466 e. The number of piperidine rings is 1. The molecule has 3 aliphatic rings. The molecule has 38 heavy (non-hydrogen) atoms. The molecule has 8 nitrogen and oxygen atoms in total. The monoisotopic (exact) mass is 537 g/mol. The molecule has 0 unspecified atom stereocenters. The number of fused-ring (bicyclic) bond motifs is 1. The molecule has 3 heterocycles. The van der Waals surface area contributed by atoms with E-state index in [0.29, 0.717) is 31.0 Å². The standard InChI is InChI=1S/C29H35N3O5S/c1-6-13-37-28(35)25-20(5)30-29-32(26(25)23-11-10-18(3)14-19(23)4)22(17-38-29)15-24(33)31-12-8-9-21(16-31)27(34)36-7-2/h6,10-11,14,17,21,26H,1,7-9,12-13,15-16H2,2-5H3/t21-,26-/m1/s1. The molecule has 2 atom stereocenters. The summed E-state index contributed by atoms with van der Waals surface area (Å²) in [5.41, 5.74) is 4.92. The molecule has 0 aromatic heterocycles. The summed E-state index contributed by atoms with van der Waals surface area (Å²) < 4.78 is 10.7. The number of aryl methyl sites for hydroxylation is 2. The van der Waals surface area contributed by atoms with E-state index < -0.39 is 12.0 Å². The summed E-state index contributed by atoms with van der Waals surface area (Å²) in [5.74, 6) is -1.06. The van der Waals surface area contributed by atoms with Gasteiger partial charge in [-0.05, 0) is 57.1 Å². The number of rotatable bonds is 8. The molecule has 0 spiro atoms. The molecule has 0 radical (unpaired) electrons. The minimum atomic E-state index is -0.483. The highest BCUT2D eigenvalue weighted by atomic mass is 32.2. The van der Waals surface area contributed by atoms with Crippen LogP contribution in [0.5, 0.6) is 0 Å². The van der Waals surface area contributed by atoms with Gasteiger partial charge >= 0.3 is 11.9 Å². The smallest absolute Gasteiger partial charge is 0.338 e. The van der Waals surface area contributed by atoms with Gasteiger partial charge in [0.2, 0.25) is 5.91 Å². The average molecular weight is 538 g/mol. The van der Waals surface area contributed by atoms with Crippen molar-refractivity contribution >= 4 is 34.8 Å². The Hall–Kier alpha value is -3.33. The maximum atomic E-state index is 13.5. The molecular weight excluding hydrogens is 502 g/mol. The lowest BCUT2D eigenvalue weighted by molar-refractivity contribution is -0.151. The molecule has 0 saturated carbocycles. The topological polar surface area (TPSA) is 88.5 Å². The predicted octanol–water partition coefficient (Wildman–Crippen LogP) is 4.80. The van der Waals surface area contributed by atoms with E-state index in [-0.39, 0.29) is 30.8 Å². The van der Waals surface area contributed by atoms with E-state index in [9.17, 15) is 14.4 Å². The Balaban J connectivity index is 1.63. The number of benzene rings is 1. The van der Waals surface area contributed by atoms with Gasteiger partial charge in [-0.1, -0.05) is 48.2 Å². The molecule has 202 valence electrons. The van der Waals surface area contributed by atoms with Gasteiger partial charge in [-0.25, -0.2) is 9.79 Å². The number of nitrogens with zero attached hydrogens (tertiary/aromatic N) is 3. The number of esters is 2. The molecular formula is C29H35N3O5S. The van der Waals surface area contributed by atoms with Gasteiger partial charge in [0.25, 0.3) is 0 Å². The molecule has 1 fully saturated rings. The largest absolute Gasteiger partial charge is 0.466 e. The van der Waals surface area contributed by atoms with E-state index in [4.69, 9.17) is 14.5 Å². The first-order valence-electron chi connectivity index (χ1n) is 13.0. The molecule has 0 N–H and O–H groups in total. The van der Waals surface area contributed by atoms with Gasteiger partial charge < -0.3 is 19.3 Å². The van der Waals surface area contributed by atoms with Crippen molar-refractivity contribution < 1.29 is 23.9 Å². The van der Waals surface area contributed by atoms with E-state index in [1.165, 1.54) is 17.8 Å². The lowest BCUT2D eigenvalue weighted by Crippen LogP contribution is -2.44. The van der Waals surface area contributed by atoms with E-state index >= 15 is 0 Å². The number of allylic oxidation sites excluding steroid dienone is 1. The number of amidine groups is 1. The second-order valence-corrected chi connectivity index (χ2v) is 10.6. The zero-order chi connectivity index (χ0) is 27.4. The van der Waals surface area contributed by atoms with Crippen molar-refractivity contribution in [1.29, 1.82) is 0 Å². The summed E-state index contributed by atoms with van der Waals surface area (Å²) in [6.07, 6.45) is 3.15. The molecule has 1 amide bonds. The van der Waals surface area contributed by atoms with E-state index in [0.717, 1.165) is 40.4 Å². The molecule has 0 aliphatic carbocycles. The fourth-order valence-electron chi connectivity index (χ4n) is 5.19. The second-order valence-electron chi connectivity index (χ2n) is 9.75. The van der Waals surface area contributed by atoms with Crippen LogP contribution in [0.2, 0.25) is 0 Å². The zero-order valence-electron chi connectivity index (χ0n) is 22.5. The lowest BCUT2D eigenvalue weighted by Gasteiger charge is -2.38. The highest BCUT2D eigenvalue weighted by Gasteiger charge is 2.42. The zero-order valence-corrected chi connectivity index (χ0v) is 23.3. The highest BCUT2D eigenvalue weighted by molar-refractivity contribution is 8.16. The summed E-state index contributed by atoms with van der Waals surface area (Å²) in [5, 5.41) is 2.66. The van der Waals surface area contributed by atoms with Crippen molar-refractivity contribution in [2.45, 2.75) is 53.0 Å². The highest BCUT2D eigenvalue weighted by Crippen LogP contribution is 2.45. The Labute approximate surface area is 228 Å². The van der Waals surface area contributed by atoms with E-state index in [2.05, 4.69) is 12.6 Å². The lowest BCUT2D eigenvalue weighted by atomic mass is 9.90. The maximum Gasteiger partial charge on any atom is 0.338 e. The summed E-state index contributed by atoms with van der Waals surface area (Å²) in [4.78, 5) is 47.5. The van der Waals surface area contributed by atoms with Gasteiger partial charge in [-0.2, -0.15) is 0 Å². The van der Waals surface area contributed by atoms with Crippen LogP contribution in [0.25, 0.3) is 0 Å². The molecule has 3 aliphatic heterocycles. The first kappa shape index (κ1) is 27.7. The Morgan fingerprint density at radius 2 is 2.00 bits per heavy atom.